The lowest BCUT2D eigenvalue weighted by atomic mass is 10.1. The molecule has 0 aliphatic rings. The Morgan fingerprint density at radius 1 is 1.23 bits per heavy atom. The van der Waals surface area contributed by atoms with E-state index in [4.69, 9.17) is 0 Å². The van der Waals surface area contributed by atoms with Gasteiger partial charge in [0.1, 0.15) is 5.82 Å². The van der Waals surface area contributed by atoms with Gasteiger partial charge in [-0.25, -0.2) is 17.1 Å². The SMILES string of the molecule is CCCNC(=O)CCN(CCc1ccc(F)cc1)S(C)(=O)=O. The highest BCUT2D eigenvalue weighted by molar-refractivity contribution is 7.88. The average Bonchev–Trinajstić information content (AvgIpc) is 2.45. The molecule has 0 radical (unpaired) electrons. The van der Waals surface area contributed by atoms with Gasteiger partial charge in [0.2, 0.25) is 15.9 Å². The summed E-state index contributed by atoms with van der Waals surface area (Å²) in [4.78, 5) is 11.6. The molecule has 0 saturated heterocycles. The molecule has 1 amide bonds. The molecule has 22 heavy (non-hydrogen) atoms. The van der Waals surface area contributed by atoms with E-state index in [0.717, 1.165) is 18.2 Å². The quantitative estimate of drug-likeness (QED) is 0.747. The molecule has 0 bridgehead atoms. The Morgan fingerprint density at radius 3 is 2.41 bits per heavy atom. The summed E-state index contributed by atoms with van der Waals surface area (Å²) < 4.78 is 37.7. The van der Waals surface area contributed by atoms with E-state index in [1.807, 2.05) is 6.92 Å². The van der Waals surface area contributed by atoms with Crippen LogP contribution in [-0.4, -0.2) is 44.5 Å². The minimum absolute atomic E-state index is 0.135. The van der Waals surface area contributed by atoms with Crippen molar-refractivity contribution in [3.63, 3.8) is 0 Å². The number of rotatable bonds is 9. The van der Waals surface area contributed by atoms with Crippen molar-refractivity contribution >= 4 is 15.9 Å². The normalized spacial score (nSPS) is 11.6. The van der Waals surface area contributed by atoms with E-state index < -0.39 is 10.0 Å². The molecule has 1 aromatic carbocycles. The summed E-state index contributed by atoms with van der Waals surface area (Å²) in [6.45, 7) is 2.96. The molecule has 7 heteroatoms. The molecule has 1 rings (SSSR count). The fourth-order valence-corrected chi connectivity index (χ4v) is 2.77. The first-order valence-corrected chi connectivity index (χ1v) is 9.14. The summed E-state index contributed by atoms with van der Waals surface area (Å²) in [5, 5.41) is 2.72. The number of carbonyl (C=O) groups is 1. The highest BCUT2D eigenvalue weighted by Gasteiger charge is 2.17. The van der Waals surface area contributed by atoms with Crippen LogP contribution in [0.4, 0.5) is 4.39 Å². The first kappa shape index (κ1) is 18.6. The highest BCUT2D eigenvalue weighted by atomic mass is 32.2. The third-order valence-electron chi connectivity index (χ3n) is 3.19. The second-order valence-corrected chi connectivity index (χ2v) is 7.12. The van der Waals surface area contributed by atoms with Crippen molar-refractivity contribution < 1.29 is 17.6 Å². The minimum atomic E-state index is -3.38. The van der Waals surface area contributed by atoms with Gasteiger partial charge in [-0.15, -0.1) is 0 Å². The molecular weight excluding hydrogens is 307 g/mol. The van der Waals surface area contributed by atoms with Crippen molar-refractivity contribution in [2.45, 2.75) is 26.2 Å². The number of carbonyl (C=O) groups excluding carboxylic acids is 1. The Bertz CT molecular complexity index is 573. The first-order chi connectivity index (χ1) is 10.3. The number of halogens is 1. The predicted molar refractivity (Wildman–Crippen MR) is 84.4 cm³/mol. The maximum Gasteiger partial charge on any atom is 0.221 e. The van der Waals surface area contributed by atoms with Crippen molar-refractivity contribution in [1.29, 1.82) is 0 Å². The lowest BCUT2D eigenvalue weighted by molar-refractivity contribution is -0.121. The van der Waals surface area contributed by atoms with Crippen molar-refractivity contribution in [2.24, 2.45) is 0 Å². The highest BCUT2D eigenvalue weighted by Crippen LogP contribution is 2.07. The molecule has 124 valence electrons. The number of nitrogens with zero attached hydrogens (tertiary/aromatic N) is 1. The number of benzene rings is 1. The Labute approximate surface area is 131 Å². The zero-order chi connectivity index (χ0) is 16.6. The Morgan fingerprint density at radius 2 is 1.86 bits per heavy atom. The Balaban J connectivity index is 2.54. The number of hydrogen-bond acceptors (Lipinski definition) is 3. The molecular formula is C15H23FN2O3S. The van der Waals surface area contributed by atoms with Crippen LogP contribution in [0.15, 0.2) is 24.3 Å². The summed E-state index contributed by atoms with van der Waals surface area (Å²) >= 11 is 0. The maximum absolute atomic E-state index is 12.8. The zero-order valence-corrected chi connectivity index (χ0v) is 13.8. The lowest BCUT2D eigenvalue weighted by Crippen LogP contribution is -2.36. The molecule has 0 unspecified atom stereocenters. The van der Waals surface area contributed by atoms with E-state index in [1.54, 1.807) is 12.1 Å². The first-order valence-electron chi connectivity index (χ1n) is 7.29. The number of nitrogens with one attached hydrogen (secondary N) is 1. The summed E-state index contributed by atoms with van der Waals surface area (Å²) in [5.74, 6) is -0.478. The molecule has 1 N–H and O–H groups in total. The van der Waals surface area contributed by atoms with Gasteiger partial charge >= 0.3 is 0 Å². The van der Waals surface area contributed by atoms with Crippen LogP contribution in [0.1, 0.15) is 25.3 Å². The van der Waals surface area contributed by atoms with E-state index >= 15 is 0 Å². The van der Waals surface area contributed by atoms with Crippen LogP contribution in [0.3, 0.4) is 0 Å². The van der Waals surface area contributed by atoms with E-state index in [-0.39, 0.29) is 31.2 Å². The van der Waals surface area contributed by atoms with E-state index in [2.05, 4.69) is 5.32 Å². The van der Waals surface area contributed by atoms with Gasteiger partial charge in [0.15, 0.2) is 0 Å². The maximum atomic E-state index is 12.8. The van der Waals surface area contributed by atoms with Gasteiger partial charge in [0.25, 0.3) is 0 Å². The van der Waals surface area contributed by atoms with Gasteiger partial charge in [-0.3, -0.25) is 4.79 Å². The Kier molecular flexibility index (Phi) is 7.47. The summed E-state index contributed by atoms with van der Waals surface area (Å²) in [5.41, 5.74) is 0.852. The molecule has 0 saturated carbocycles. The fraction of sp³-hybridized carbons (Fsp3) is 0.533. The smallest absolute Gasteiger partial charge is 0.221 e. The van der Waals surface area contributed by atoms with Crippen LogP contribution in [0, 0.1) is 5.82 Å². The van der Waals surface area contributed by atoms with E-state index in [9.17, 15) is 17.6 Å². The summed E-state index contributed by atoms with van der Waals surface area (Å²) in [6, 6.07) is 5.95. The largest absolute Gasteiger partial charge is 0.356 e. The molecule has 5 nitrogen and oxygen atoms in total. The summed E-state index contributed by atoms with van der Waals surface area (Å²) in [7, 11) is -3.38. The van der Waals surface area contributed by atoms with Crippen molar-refractivity contribution in [3.8, 4) is 0 Å². The van der Waals surface area contributed by atoms with Gasteiger partial charge in [-0.1, -0.05) is 19.1 Å². The standard InChI is InChI=1S/C15H23FN2O3S/c1-3-10-17-15(19)9-12-18(22(2,20)21)11-8-13-4-6-14(16)7-5-13/h4-7H,3,8-12H2,1-2H3,(H,17,19). The van der Waals surface area contributed by atoms with Gasteiger partial charge in [-0.2, -0.15) is 0 Å². The third kappa shape index (κ3) is 7.00. The van der Waals surface area contributed by atoms with Gasteiger partial charge in [0, 0.05) is 26.1 Å². The molecule has 0 heterocycles. The van der Waals surface area contributed by atoms with Crippen LogP contribution in [0.2, 0.25) is 0 Å². The Hall–Kier alpha value is -1.47. The molecule has 0 aliphatic heterocycles. The molecule has 0 fully saturated rings. The van der Waals surface area contributed by atoms with Crippen LogP contribution in [0.25, 0.3) is 0 Å². The number of hydrogen-bond donors (Lipinski definition) is 1. The minimum Gasteiger partial charge on any atom is -0.356 e. The fourth-order valence-electron chi connectivity index (χ4n) is 1.93. The molecule has 0 aliphatic carbocycles. The lowest BCUT2D eigenvalue weighted by Gasteiger charge is -2.19. The topological polar surface area (TPSA) is 66.5 Å². The summed E-state index contributed by atoms with van der Waals surface area (Å²) in [6.07, 6.45) is 2.58. The van der Waals surface area contributed by atoms with Gasteiger partial charge < -0.3 is 5.32 Å². The van der Waals surface area contributed by atoms with Crippen LogP contribution >= 0.6 is 0 Å². The number of amides is 1. The molecule has 0 aromatic heterocycles. The molecule has 1 aromatic rings. The van der Waals surface area contributed by atoms with Crippen molar-refractivity contribution in [1.82, 2.24) is 9.62 Å². The van der Waals surface area contributed by atoms with Gasteiger partial charge in [-0.05, 0) is 30.5 Å². The van der Waals surface area contributed by atoms with E-state index in [0.29, 0.717) is 13.0 Å². The molecule has 0 atom stereocenters. The van der Waals surface area contributed by atoms with E-state index in [1.165, 1.54) is 16.4 Å². The monoisotopic (exact) mass is 330 g/mol. The number of sulfonamides is 1. The van der Waals surface area contributed by atoms with Crippen molar-refractivity contribution in [2.75, 3.05) is 25.9 Å². The average molecular weight is 330 g/mol. The second-order valence-electron chi connectivity index (χ2n) is 5.14. The van der Waals surface area contributed by atoms with Gasteiger partial charge in [0.05, 0.1) is 6.26 Å². The predicted octanol–water partition coefficient (Wildman–Crippen LogP) is 1.55. The van der Waals surface area contributed by atoms with Crippen LogP contribution in [-0.2, 0) is 21.2 Å². The zero-order valence-electron chi connectivity index (χ0n) is 13.0. The van der Waals surface area contributed by atoms with Crippen molar-refractivity contribution in [3.05, 3.63) is 35.6 Å². The molecule has 0 spiro atoms. The third-order valence-corrected chi connectivity index (χ3v) is 4.50. The van der Waals surface area contributed by atoms with Crippen LogP contribution < -0.4 is 5.32 Å². The van der Waals surface area contributed by atoms with Crippen LogP contribution in [0.5, 0.6) is 0 Å². The second kappa shape index (κ2) is 8.85.